The van der Waals surface area contributed by atoms with E-state index in [1.807, 2.05) is 40.1 Å². The Balaban J connectivity index is 1.46. The molecule has 1 atom stereocenters. The first-order chi connectivity index (χ1) is 13.5. The number of rotatable bonds is 4. The minimum atomic E-state index is -0.448. The normalized spacial score (nSPS) is 19.9. The number of ether oxygens (including phenoxy) is 1. The molecule has 1 aromatic heterocycles. The van der Waals surface area contributed by atoms with Crippen LogP contribution in [0.25, 0.3) is 10.9 Å². The van der Waals surface area contributed by atoms with Crippen molar-refractivity contribution >= 4 is 22.9 Å². The highest BCUT2D eigenvalue weighted by atomic mass is 16.6. The maximum atomic E-state index is 13.1. The van der Waals surface area contributed by atoms with Crippen LogP contribution in [0.3, 0.4) is 0 Å². The van der Waals surface area contributed by atoms with Crippen LogP contribution < -0.4 is 0 Å². The van der Waals surface area contributed by atoms with Crippen molar-refractivity contribution in [3.63, 3.8) is 0 Å². The lowest BCUT2D eigenvalue weighted by molar-refractivity contribution is 0.00312. The molecule has 1 spiro atoms. The Morgan fingerprint density at radius 1 is 1.25 bits per heavy atom. The van der Waals surface area contributed by atoms with Gasteiger partial charge in [0.15, 0.2) is 0 Å². The highest BCUT2D eigenvalue weighted by molar-refractivity contribution is 6.06. The molecule has 1 aromatic carbocycles. The molecule has 0 bridgehead atoms. The van der Waals surface area contributed by atoms with Crippen LogP contribution in [-0.4, -0.2) is 58.1 Å². The molecule has 4 rings (SSSR count). The molecule has 6 nitrogen and oxygen atoms in total. The summed E-state index contributed by atoms with van der Waals surface area (Å²) in [4.78, 5) is 33.6. The van der Waals surface area contributed by atoms with E-state index in [-0.39, 0.29) is 18.0 Å². The fourth-order valence-electron chi connectivity index (χ4n) is 4.40. The number of fused-ring (bicyclic) bond motifs is 1. The quantitative estimate of drug-likeness (QED) is 0.807. The summed E-state index contributed by atoms with van der Waals surface area (Å²) in [5, 5.41) is 0.877. The molecule has 2 aliphatic heterocycles. The van der Waals surface area contributed by atoms with Crippen molar-refractivity contribution in [2.24, 2.45) is 0 Å². The van der Waals surface area contributed by atoms with E-state index in [9.17, 15) is 9.59 Å². The molecule has 2 aliphatic rings. The summed E-state index contributed by atoms with van der Waals surface area (Å²) in [6.45, 7) is 6.03. The van der Waals surface area contributed by atoms with Gasteiger partial charge in [0.2, 0.25) is 0 Å². The summed E-state index contributed by atoms with van der Waals surface area (Å²) in [5.74, 6) is 0.0222. The topological polar surface area (TPSA) is 62.7 Å². The molecular weight excluding hydrogens is 354 g/mol. The number of carbonyl (C=O) groups excluding carboxylic acids is 2. The summed E-state index contributed by atoms with van der Waals surface area (Å²) < 4.78 is 5.81. The summed E-state index contributed by atoms with van der Waals surface area (Å²) in [6, 6.07) is 9.64. The fraction of sp³-hybridized carbons (Fsp3) is 0.500. The third-order valence-electron chi connectivity index (χ3n) is 6.07. The van der Waals surface area contributed by atoms with Gasteiger partial charge in [-0.05, 0) is 31.5 Å². The molecule has 2 amide bonds. The number of nitrogens with zero attached hydrogens (tertiary/aromatic N) is 3. The minimum absolute atomic E-state index is 0.0222. The Bertz CT molecular complexity index is 884. The smallest absolute Gasteiger partial charge is 0.410 e. The molecule has 0 saturated carbocycles. The molecule has 6 heteroatoms. The van der Waals surface area contributed by atoms with E-state index < -0.39 is 5.60 Å². The zero-order valence-electron chi connectivity index (χ0n) is 16.6. The van der Waals surface area contributed by atoms with E-state index in [1.165, 1.54) is 0 Å². The van der Waals surface area contributed by atoms with Gasteiger partial charge in [0.25, 0.3) is 5.91 Å². The minimum Gasteiger partial charge on any atom is -0.441 e. The zero-order valence-corrected chi connectivity index (χ0v) is 16.6. The Morgan fingerprint density at radius 2 is 2.04 bits per heavy atom. The highest BCUT2D eigenvalue weighted by Crippen LogP contribution is 2.35. The van der Waals surface area contributed by atoms with E-state index in [1.54, 1.807) is 6.20 Å². The van der Waals surface area contributed by atoms with Gasteiger partial charge in [0.05, 0.1) is 12.1 Å². The summed E-state index contributed by atoms with van der Waals surface area (Å²) in [7, 11) is 0. The maximum Gasteiger partial charge on any atom is 0.410 e. The van der Waals surface area contributed by atoms with E-state index in [2.05, 4.69) is 18.8 Å². The van der Waals surface area contributed by atoms with Gasteiger partial charge in [0, 0.05) is 49.1 Å². The first kappa shape index (κ1) is 18.7. The van der Waals surface area contributed by atoms with Gasteiger partial charge < -0.3 is 14.5 Å². The van der Waals surface area contributed by atoms with Crippen molar-refractivity contribution in [2.45, 2.75) is 51.2 Å². The first-order valence-corrected chi connectivity index (χ1v) is 10.2. The lowest BCUT2D eigenvalue weighted by Gasteiger charge is -2.37. The third kappa shape index (κ3) is 3.32. The summed E-state index contributed by atoms with van der Waals surface area (Å²) >= 11 is 0. The zero-order chi connectivity index (χ0) is 19.7. The highest BCUT2D eigenvalue weighted by Gasteiger charge is 2.48. The lowest BCUT2D eigenvalue weighted by Crippen LogP contribution is -2.49. The predicted molar refractivity (Wildman–Crippen MR) is 107 cm³/mol. The Kier molecular flexibility index (Phi) is 4.96. The number of likely N-dealkylation sites (tertiary alicyclic amines) is 1. The Hall–Kier alpha value is -2.63. The lowest BCUT2D eigenvalue weighted by atomic mass is 9.90. The third-order valence-corrected chi connectivity index (χ3v) is 6.07. The van der Waals surface area contributed by atoms with Gasteiger partial charge in [0.1, 0.15) is 5.60 Å². The molecule has 0 N–H and O–H groups in total. The van der Waals surface area contributed by atoms with Crippen LogP contribution in [0.2, 0.25) is 0 Å². The molecule has 2 fully saturated rings. The average molecular weight is 381 g/mol. The molecule has 0 radical (unpaired) electrons. The van der Waals surface area contributed by atoms with Crippen molar-refractivity contribution in [3.05, 3.63) is 42.1 Å². The van der Waals surface area contributed by atoms with Crippen molar-refractivity contribution in [2.75, 3.05) is 19.6 Å². The molecule has 2 saturated heterocycles. The number of amides is 2. The Morgan fingerprint density at radius 3 is 2.79 bits per heavy atom. The van der Waals surface area contributed by atoms with Crippen LogP contribution in [0.5, 0.6) is 0 Å². The van der Waals surface area contributed by atoms with Crippen LogP contribution in [0.1, 0.15) is 49.9 Å². The van der Waals surface area contributed by atoms with Gasteiger partial charge in [-0.1, -0.05) is 25.5 Å². The fourth-order valence-corrected chi connectivity index (χ4v) is 4.40. The van der Waals surface area contributed by atoms with E-state index >= 15 is 0 Å². The molecule has 28 heavy (non-hydrogen) atoms. The SMILES string of the molecule is CCC[C@H](C)N1CC2(CCN(C(=O)c3cccc4ncccc34)CC2)OC1=O. The Labute approximate surface area is 165 Å². The monoisotopic (exact) mass is 381 g/mol. The van der Waals surface area contributed by atoms with Crippen LogP contribution in [0.15, 0.2) is 36.5 Å². The van der Waals surface area contributed by atoms with Crippen molar-refractivity contribution < 1.29 is 14.3 Å². The number of carbonyl (C=O) groups is 2. The van der Waals surface area contributed by atoms with Crippen LogP contribution >= 0.6 is 0 Å². The second kappa shape index (κ2) is 7.41. The van der Waals surface area contributed by atoms with E-state index in [0.717, 1.165) is 23.7 Å². The number of hydrogen-bond donors (Lipinski definition) is 0. The predicted octanol–water partition coefficient (Wildman–Crippen LogP) is 3.85. The van der Waals surface area contributed by atoms with Crippen LogP contribution in [0, 0.1) is 0 Å². The van der Waals surface area contributed by atoms with Crippen molar-refractivity contribution in [1.29, 1.82) is 0 Å². The van der Waals surface area contributed by atoms with E-state index in [0.29, 0.717) is 38.0 Å². The van der Waals surface area contributed by atoms with E-state index in [4.69, 9.17) is 4.74 Å². The first-order valence-electron chi connectivity index (χ1n) is 10.2. The van der Waals surface area contributed by atoms with Crippen molar-refractivity contribution in [1.82, 2.24) is 14.8 Å². The average Bonchev–Trinajstić information content (AvgIpc) is 3.03. The number of piperidine rings is 1. The van der Waals surface area contributed by atoms with Gasteiger partial charge in [-0.2, -0.15) is 0 Å². The molecular formula is C22H27N3O3. The number of pyridine rings is 1. The molecule has 0 aliphatic carbocycles. The van der Waals surface area contributed by atoms with Gasteiger partial charge >= 0.3 is 6.09 Å². The number of benzene rings is 1. The largest absolute Gasteiger partial charge is 0.441 e. The van der Waals surface area contributed by atoms with Crippen LogP contribution in [-0.2, 0) is 4.74 Å². The van der Waals surface area contributed by atoms with Gasteiger partial charge in [-0.3, -0.25) is 9.78 Å². The standard InChI is InChI=1S/C22H27N3O3/c1-3-6-16(2)25-15-22(28-21(25)27)10-13-24(14-11-22)20(26)18-7-4-9-19-17(18)8-5-12-23-19/h4-5,7-9,12,16H,3,6,10-11,13-15H2,1-2H3/t16-/m0/s1. The second-order valence-corrected chi connectivity index (χ2v) is 7.98. The molecule has 0 unspecified atom stereocenters. The maximum absolute atomic E-state index is 13.1. The van der Waals surface area contributed by atoms with Gasteiger partial charge in [-0.25, -0.2) is 4.79 Å². The van der Waals surface area contributed by atoms with Gasteiger partial charge in [-0.15, -0.1) is 0 Å². The number of aromatic nitrogens is 1. The molecule has 148 valence electrons. The van der Waals surface area contributed by atoms with Crippen molar-refractivity contribution in [3.8, 4) is 0 Å². The second-order valence-electron chi connectivity index (χ2n) is 7.98. The molecule has 3 heterocycles. The molecule has 2 aromatic rings. The summed E-state index contributed by atoms with van der Waals surface area (Å²) in [6.07, 6.45) is 4.92. The van der Waals surface area contributed by atoms with Crippen LogP contribution in [0.4, 0.5) is 4.79 Å². The number of hydrogen-bond acceptors (Lipinski definition) is 4. The summed E-state index contributed by atoms with van der Waals surface area (Å²) in [5.41, 5.74) is 1.06.